The van der Waals surface area contributed by atoms with Gasteiger partial charge in [-0.05, 0) is 17.7 Å². The highest BCUT2D eigenvalue weighted by Gasteiger charge is 2.28. The molecule has 1 aliphatic heterocycles. The fraction of sp³-hybridized carbons (Fsp3) is 0.238. The second-order valence-corrected chi connectivity index (χ2v) is 9.03. The first-order valence-electron chi connectivity index (χ1n) is 9.82. The van der Waals surface area contributed by atoms with Crippen molar-refractivity contribution in [2.45, 2.75) is 5.75 Å². The molecule has 0 unspecified atom stereocenters. The summed E-state index contributed by atoms with van der Waals surface area (Å²) in [6.07, 6.45) is 4.55. The summed E-state index contributed by atoms with van der Waals surface area (Å²) in [5, 5.41) is 2.68. The van der Waals surface area contributed by atoms with Gasteiger partial charge in [0.05, 0.1) is 18.1 Å². The summed E-state index contributed by atoms with van der Waals surface area (Å²) in [6, 6.07) is 14.4. The fourth-order valence-corrected chi connectivity index (χ4v) is 4.82. The first-order chi connectivity index (χ1) is 15.0. The van der Waals surface area contributed by atoms with Gasteiger partial charge in [0.1, 0.15) is 17.3 Å². The van der Waals surface area contributed by atoms with Gasteiger partial charge in [0, 0.05) is 32.4 Å². The van der Waals surface area contributed by atoms with E-state index in [1.165, 1.54) is 10.5 Å². The van der Waals surface area contributed by atoms with E-state index in [-0.39, 0.29) is 11.4 Å². The quantitative estimate of drug-likeness (QED) is 0.625. The SMILES string of the molecule is O=C(Nc1ccccn1)c1cncc(N2CCN(S(=O)(=O)Cc3ccccc3)CC2)n1. The molecule has 0 spiro atoms. The number of hydrogen-bond acceptors (Lipinski definition) is 7. The van der Waals surface area contributed by atoms with E-state index in [2.05, 4.69) is 20.3 Å². The Balaban J connectivity index is 1.39. The topological polar surface area (TPSA) is 108 Å². The van der Waals surface area contributed by atoms with Crippen LogP contribution in [-0.2, 0) is 15.8 Å². The zero-order valence-corrected chi connectivity index (χ0v) is 17.6. The molecular formula is C21H22N6O3S. The predicted octanol–water partition coefficient (Wildman–Crippen LogP) is 1.78. The maximum Gasteiger partial charge on any atom is 0.277 e. The van der Waals surface area contributed by atoms with Crippen LogP contribution in [0.3, 0.4) is 0 Å². The maximum atomic E-state index is 12.7. The summed E-state index contributed by atoms with van der Waals surface area (Å²) in [7, 11) is -3.40. The smallest absolute Gasteiger partial charge is 0.277 e. The second kappa shape index (κ2) is 9.19. The minimum Gasteiger partial charge on any atom is -0.353 e. The number of nitrogens with zero attached hydrogens (tertiary/aromatic N) is 5. The third-order valence-electron chi connectivity index (χ3n) is 4.91. The molecule has 1 aromatic carbocycles. The van der Waals surface area contributed by atoms with E-state index in [0.29, 0.717) is 37.8 Å². The van der Waals surface area contributed by atoms with Gasteiger partial charge in [0.25, 0.3) is 5.91 Å². The molecule has 0 bridgehead atoms. The van der Waals surface area contributed by atoms with Crippen LogP contribution in [0.25, 0.3) is 0 Å². The first-order valence-corrected chi connectivity index (χ1v) is 11.4. The minimum absolute atomic E-state index is 0.0170. The molecule has 160 valence electrons. The van der Waals surface area contributed by atoms with E-state index in [4.69, 9.17) is 0 Å². The number of aromatic nitrogens is 3. The lowest BCUT2D eigenvalue weighted by Crippen LogP contribution is -2.49. The number of nitrogens with one attached hydrogen (secondary N) is 1. The van der Waals surface area contributed by atoms with Crippen LogP contribution in [0.15, 0.2) is 67.1 Å². The van der Waals surface area contributed by atoms with Crippen LogP contribution in [0.2, 0.25) is 0 Å². The van der Waals surface area contributed by atoms with Crippen LogP contribution in [0, 0.1) is 0 Å². The highest BCUT2D eigenvalue weighted by Crippen LogP contribution is 2.17. The van der Waals surface area contributed by atoms with Crippen LogP contribution in [0.5, 0.6) is 0 Å². The molecule has 10 heteroatoms. The third kappa shape index (κ3) is 5.22. The Morgan fingerprint density at radius 1 is 0.968 bits per heavy atom. The van der Waals surface area contributed by atoms with Crippen LogP contribution in [0.4, 0.5) is 11.6 Å². The number of hydrogen-bond donors (Lipinski definition) is 1. The van der Waals surface area contributed by atoms with E-state index in [9.17, 15) is 13.2 Å². The maximum absolute atomic E-state index is 12.7. The Hall–Kier alpha value is -3.37. The lowest BCUT2D eigenvalue weighted by molar-refractivity contribution is 0.102. The van der Waals surface area contributed by atoms with Crippen molar-refractivity contribution in [3.05, 3.63) is 78.4 Å². The molecular weight excluding hydrogens is 416 g/mol. The van der Waals surface area contributed by atoms with E-state index >= 15 is 0 Å². The summed E-state index contributed by atoms with van der Waals surface area (Å²) >= 11 is 0. The fourth-order valence-electron chi connectivity index (χ4n) is 3.31. The van der Waals surface area contributed by atoms with Crippen molar-refractivity contribution >= 4 is 27.6 Å². The molecule has 0 atom stereocenters. The van der Waals surface area contributed by atoms with E-state index in [1.807, 2.05) is 35.2 Å². The molecule has 1 saturated heterocycles. The molecule has 0 aliphatic carbocycles. The van der Waals surface area contributed by atoms with Crippen molar-refractivity contribution < 1.29 is 13.2 Å². The number of carbonyl (C=O) groups excluding carboxylic acids is 1. The Bertz CT molecular complexity index is 1130. The van der Waals surface area contributed by atoms with Gasteiger partial charge in [-0.15, -0.1) is 0 Å². The summed E-state index contributed by atoms with van der Waals surface area (Å²) < 4.78 is 27.0. The van der Waals surface area contributed by atoms with E-state index in [0.717, 1.165) is 5.56 Å². The average Bonchev–Trinajstić information content (AvgIpc) is 2.80. The van der Waals surface area contributed by atoms with Crippen LogP contribution >= 0.6 is 0 Å². The number of carbonyl (C=O) groups is 1. The van der Waals surface area contributed by atoms with Gasteiger partial charge in [0.15, 0.2) is 0 Å². The predicted molar refractivity (Wildman–Crippen MR) is 117 cm³/mol. The largest absolute Gasteiger partial charge is 0.353 e. The molecule has 1 aliphatic rings. The van der Waals surface area contributed by atoms with Crippen molar-refractivity contribution in [3.8, 4) is 0 Å². The van der Waals surface area contributed by atoms with Gasteiger partial charge in [-0.25, -0.2) is 18.4 Å². The first kappa shape index (κ1) is 20.9. The molecule has 4 rings (SSSR count). The molecule has 3 aromatic rings. The van der Waals surface area contributed by atoms with Crippen LogP contribution in [0.1, 0.15) is 16.1 Å². The average molecular weight is 439 g/mol. The van der Waals surface area contributed by atoms with Gasteiger partial charge >= 0.3 is 0 Å². The summed E-state index contributed by atoms with van der Waals surface area (Å²) in [5.41, 5.74) is 0.935. The number of pyridine rings is 1. The minimum atomic E-state index is -3.40. The lowest BCUT2D eigenvalue weighted by Gasteiger charge is -2.34. The second-order valence-electron chi connectivity index (χ2n) is 7.06. The number of rotatable bonds is 6. The number of anilines is 2. The molecule has 9 nitrogen and oxygen atoms in total. The van der Waals surface area contributed by atoms with Crippen LogP contribution < -0.4 is 10.2 Å². The van der Waals surface area contributed by atoms with E-state index < -0.39 is 15.9 Å². The van der Waals surface area contributed by atoms with Crippen molar-refractivity contribution in [1.82, 2.24) is 19.3 Å². The number of amides is 1. The van der Waals surface area contributed by atoms with Gasteiger partial charge in [-0.3, -0.25) is 9.78 Å². The monoisotopic (exact) mass is 438 g/mol. The Morgan fingerprint density at radius 3 is 2.42 bits per heavy atom. The normalized spacial score (nSPS) is 14.9. The number of sulfonamides is 1. The Morgan fingerprint density at radius 2 is 1.71 bits per heavy atom. The lowest BCUT2D eigenvalue weighted by atomic mass is 10.2. The Kier molecular flexibility index (Phi) is 6.19. The zero-order chi connectivity index (χ0) is 21.7. The number of benzene rings is 1. The van der Waals surface area contributed by atoms with Crippen LogP contribution in [-0.4, -0.2) is 59.8 Å². The van der Waals surface area contributed by atoms with Crippen molar-refractivity contribution in [2.75, 3.05) is 36.4 Å². The highest BCUT2D eigenvalue weighted by atomic mass is 32.2. The summed E-state index contributed by atoms with van der Waals surface area (Å²) in [6.45, 7) is 1.63. The van der Waals surface area contributed by atoms with Gasteiger partial charge in [-0.2, -0.15) is 4.31 Å². The molecule has 1 amide bonds. The molecule has 1 fully saturated rings. The standard InChI is InChI=1S/C21H22N6O3S/c28-21(25-19-8-4-5-9-23-19)18-14-22-15-20(24-18)26-10-12-27(13-11-26)31(29,30)16-17-6-2-1-3-7-17/h1-9,14-15H,10-13,16H2,(H,23,25,28). The molecule has 3 heterocycles. The summed E-state index contributed by atoms with van der Waals surface area (Å²) in [4.78, 5) is 27.0. The van der Waals surface area contributed by atoms with Crippen molar-refractivity contribution in [2.24, 2.45) is 0 Å². The van der Waals surface area contributed by atoms with Crippen molar-refractivity contribution in [3.63, 3.8) is 0 Å². The summed E-state index contributed by atoms with van der Waals surface area (Å²) in [5.74, 6) is 0.541. The van der Waals surface area contributed by atoms with E-state index in [1.54, 1.807) is 30.6 Å². The van der Waals surface area contributed by atoms with Crippen molar-refractivity contribution in [1.29, 1.82) is 0 Å². The van der Waals surface area contributed by atoms with Gasteiger partial charge < -0.3 is 10.2 Å². The highest BCUT2D eigenvalue weighted by molar-refractivity contribution is 7.88. The molecule has 0 radical (unpaired) electrons. The number of piperazine rings is 1. The van der Waals surface area contributed by atoms with Gasteiger partial charge in [0.2, 0.25) is 10.0 Å². The molecule has 1 N–H and O–H groups in total. The molecule has 31 heavy (non-hydrogen) atoms. The molecule has 0 saturated carbocycles. The molecule has 2 aromatic heterocycles. The third-order valence-corrected chi connectivity index (χ3v) is 6.76. The Labute approximate surface area is 180 Å². The van der Waals surface area contributed by atoms with Gasteiger partial charge in [-0.1, -0.05) is 36.4 Å². The zero-order valence-electron chi connectivity index (χ0n) is 16.8.